The Morgan fingerprint density at radius 2 is 0.500 bits per heavy atom. The van der Waals surface area contributed by atoms with Crippen molar-refractivity contribution in [1.82, 2.24) is 63.8 Å². The molecule has 8 aromatic rings. The third kappa shape index (κ3) is 31.6. The van der Waals surface area contributed by atoms with Crippen LogP contribution in [0, 0.1) is 21.7 Å². The van der Waals surface area contributed by atoms with Gasteiger partial charge in [0.25, 0.3) is 0 Å². The van der Waals surface area contributed by atoms with Gasteiger partial charge >= 0.3 is 0 Å². The Bertz CT molecular complexity index is 5810. The number of amides is 8. The molecule has 16 rings (SSSR count). The predicted molar refractivity (Wildman–Crippen MR) is 560 cm³/mol. The quantitative estimate of drug-likeness (QED) is 0.0174. The predicted octanol–water partition coefficient (Wildman–Crippen LogP) is 7.73. The molecule has 0 radical (unpaired) electrons. The molecule has 8 aromatic carbocycles. The molecule has 792 valence electrons. The lowest BCUT2D eigenvalue weighted by Crippen LogP contribution is -2.63. The van der Waals surface area contributed by atoms with Crippen LogP contribution in [-0.4, -0.2) is 241 Å². The molecule has 148 heavy (non-hydrogen) atoms. The summed E-state index contributed by atoms with van der Waals surface area (Å²) < 4.78 is 20.9. The number of ketones is 4. The number of aliphatic hydroxyl groups is 4. The minimum atomic E-state index is -1.23. The molecule has 4 saturated carbocycles. The lowest BCUT2D eigenvalue weighted by molar-refractivity contribution is -0.136. The summed E-state index contributed by atoms with van der Waals surface area (Å²) in [6, 6.07) is 57.8. The maximum Gasteiger partial charge on any atom is 0.243 e. The number of methoxy groups -OCH3 is 4. The lowest BCUT2D eigenvalue weighted by atomic mass is 9.87. The number of piperidine rings is 2. The molecule has 0 bridgehead atoms. The van der Waals surface area contributed by atoms with Crippen LogP contribution in [0.1, 0.15) is 176 Å². The van der Waals surface area contributed by atoms with E-state index in [2.05, 4.69) is 63.8 Å². The van der Waals surface area contributed by atoms with Crippen molar-refractivity contribution < 1.29 is 96.9 Å². The standard InChI is InChI=1S/C30H39N3O5.2C29H37N3O5.C28H35N3O5/c1-29(15-16-29)26(34)23(18-20-8-5-4-6-9-20)32-27(35)24(19-21-10-12-22(38-3)13-11-21)33-28(36)25-30(2,37)14-7-17-31-25;1-28(13-14-28)25(33)22(17-19-7-5-4-6-8-19)31-26(34)23(18-20-9-11-21(37-3)12-10-20)32-27(35)24-29(2,36)15-16-30-24;1-29(14-15-29)26(34)22(17-19-7-4-3-5-8-19)31-27(35)23(18-20-10-12-21(37-2)13-11-20)32-28(36)25-24(33)9-6-16-30-25;1-28(13-14-28)25(33)21(16-18-6-4-3-5-7-18)30-26(34)22(17-19-8-10-20(36-2)11-9-19)31-27(35)24-23(32)12-15-29-24/h4-6,8-13,23-25,31,37H,7,14-19H2,1-3H3,(H,32,35)(H,33,36);4-12,22-24,30,36H,13-18H2,1-3H3,(H,31,34)(H,32,35);3-5,7-8,10-13,22-25,30,33H,6,9,14-18H2,1-2H3,(H,31,35)(H,32,36);3-11,21-24,29,32H,12-17H2,1-2H3,(H,30,34)(H,31,35). The van der Waals surface area contributed by atoms with Gasteiger partial charge in [-0.1, -0.05) is 198 Å². The van der Waals surface area contributed by atoms with Gasteiger partial charge in [-0.15, -0.1) is 0 Å². The summed E-state index contributed by atoms with van der Waals surface area (Å²) in [7, 11) is 6.32. The molecule has 4 saturated heterocycles. The van der Waals surface area contributed by atoms with E-state index in [9.17, 15) is 78.0 Å². The Balaban J connectivity index is 0.000000165. The molecule has 4 aliphatic heterocycles. The van der Waals surface area contributed by atoms with Crippen LogP contribution in [0.15, 0.2) is 218 Å². The molecular weight excluding hydrogens is 1880 g/mol. The van der Waals surface area contributed by atoms with Crippen molar-refractivity contribution in [3.8, 4) is 23.0 Å². The summed E-state index contributed by atoms with van der Waals surface area (Å²) in [5, 5.41) is 77.3. The smallest absolute Gasteiger partial charge is 0.243 e. The summed E-state index contributed by atoms with van der Waals surface area (Å²) in [6.45, 7) is 13.2. The maximum atomic E-state index is 13.7. The molecule has 32 nitrogen and oxygen atoms in total. The average molecular weight is 2030 g/mol. The molecular formula is C116H148N12O20. The van der Waals surface area contributed by atoms with Crippen LogP contribution in [0.2, 0.25) is 0 Å². The van der Waals surface area contributed by atoms with E-state index >= 15 is 0 Å². The van der Waals surface area contributed by atoms with E-state index in [0.29, 0.717) is 101 Å². The second-order valence-electron chi connectivity index (χ2n) is 42.4. The van der Waals surface area contributed by atoms with Gasteiger partial charge in [0, 0.05) is 47.3 Å². The van der Waals surface area contributed by atoms with Gasteiger partial charge in [0.15, 0.2) is 23.1 Å². The molecule has 16 N–H and O–H groups in total. The highest BCUT2D eigenvalue weighted by atomic mass is 16.5. The van der Waals surface area contributed by atoms with E-state index in [1.54, 1.807) is 90.8 Å². The van der Waals surface area contributed by atoms with E-state index in [1.807, 2.05) is 198 Å². The van der Waals surface area contributed by atoms with Crippen LogP contribution in [0.4, 0.5) is 0 Å². The first-order valence-corrected chi connectivity index (χ1v) is 51.8. The van der Waals surface area contributed by atoms with E-state index in [1.165, 1.54) is 0 Å². The van der Waals surface area contributed by atoms with Gasteiger partial charge in [-0.05, 0) is 249 Å². The number of benzene rings is 8. The molecule has 8 amide bonds. The highest BCUT2D eigenvalue weighted by molar-refractivity contribution is 6.01. The Morgan fingerprint density at radius 3 is 0.730 bits per heavy atom. The van der Waals surface area contributed by atoms with Gasteiger partial charge in [-0.3, -0.25) is 57.5 Å². The molecule has 8 fully saturated rings. The summed E-state index contributed by atoms with van der Waals surface area (Å²) >= 11 is 0. The average Bonchev–Trinajstić information content (AvgIpc) is 1.64. The fourth-order valence-electron chi connectivity index (χ4n) is 19.3. The van der Waals surface area contributed by atoms with Crippen LogP contribution in [0.25, 0.3) is 0 Å². The maximum absolute atomic E-state index is 13.7. The van der Waals surface area contributed by atoms with E-state index in [0.717, 1.165) is 109 Å². The van der Waals surface area contributed by atoms with Gasteiger partial charge in [0.1, 0.15) is 71.3 Å². The van der Waals surface area contributed by atoms with E-state index in [4.69, 9.17) is 18.9 Å². The number of hydrogen-bond acceptors (Lipinski definition) is 24. The Hall–Kier alpha value is -12.9. The van der Waals surface area contributed by atoms with Crippen molar-refractivity contribution >= 4 is 70.4 Å². The summed E-state index contributed by atoms with van der Waals surface area (Å²) in [5.74, 6) is -0.649. The van der Waals surface area contributed by atoms with Crippen molar-refractivity contribution in [3.63, 3.8) is 0 Å². The number of ether oxygens (including phenoxy) is 4. The van der Waals surface area contributed by atoms with Gasteiger partial charge in [-0.25, -0.2) is 0 Å². The fourth-order valence-corrected chi connectivity index (χ4v) is 19.3. The first-order chi connectivity index (χ1) is 70.8. The third-order valence-electron chi connectivity index (χ3n) is 30.1. The molecule has 0 aromatic heterocycles. The summed E-state index contributed by atoms with van der Waals surface area (Å²) in [6.07, 6.45) is 10.7. The molecule has 0 spiro atoms. The molecule has 4 heterocycles. The minimum Gasteiger partial charge on any atom is -0.497 e. The van der Waals surface area contributed by atoms with Crippen LogP contribution >= 0.6 is 0 Å². The highest BCUT2D eigenvalue weighted by Gasteiger charge is 2.53. The highest BCUT2D eigenvalue weighted by Crippen LogP contribution is 2.50. The number of aliphatic hydroxyl groups excluding tert-OH is 2. The molecule has 8 aliphatic rings. The van der Waals surface area contributed by atoms with Crippen molar-refractivity contribution in [2.24, 2.45) is 21.7 Å². The number of hydrogen-bond donors (Lipinski definition) is 16. The van der Waals surface area contributed by atoms with Crippen molar-refractivity contribution in [1.29, 1.82) is 0 Å². The van der Waals surface area contributed by atoms with Gasteiger partial charge < -0.3 is 103 Å². The normalized spacial score (nSPS) is 22.7. The first-order valence-electron chi connectivity index (χ1n) is 51.8. The summed E-state index contributed by atoms with van der Waals surface area (Å²) in [5.41, 5.74) is 3.01. The molecule has 32 heteroatoms. The van der Waals surface area contributed by atoms with Gasteiger partial charge in [0.05, 0.1) is 76.0 Å². The fraction of sp³-hybridized carbons (Fsp3) is 0.483. The number of carbonyl (C=O) groups excluding carboxylic acids is 12. The first kappa shape index (κ1) is 112. The van der Waals surface area contributed by atoms with Crippen molar-refractivity contribution in [3.05, 3.63) is 263 Å². The zero-order valence-electron chi connectivity index (χ0n) is 86.6. The number of rotatable bonds is 44. The van der Waals surface area contributed by atoms with Crippen molar-refractivity contribution in [2.75, 3.05) is 54.6 Å². The Labute approximate surface area is 867 Å². The van der Waals surface area contributed by atoms with Crippen LogP contribution < -0.4 is 82.7 Å². The van der Waals surface area contributed by atoms with Crippen LogP contribution in [0.3, 0.4) is 0 Å². The SMILES string of the molecule is COc1ccc(CC(NC(=O)C2NCCC2(C)O)C(=O)NC(Cc2ccccc2)C(=O)C2(C)CC2)cc1.COc1ccc(CC(NC(=O)C2NCCC2O)C(=O)NC(Cc2ccccc2)C(=O)C2(C)CC2)cc1.COc1ccc(CC(NC(=O)C2NCCCC2(C)O)C(=O)NC(Cc2ccccc2)C(=O)C2(C)CC2)cc1.COc1ccc(CC(NC(=O)C2NCCCC2O)C(=O)NC(Cc2ccccc2)C(=O)C2(C)CC2)cc1. The monoisotopic (exact) mass is 2030 g/mol. The molecule has 4 aliphatic carbocycles. The second kappa shape index (κ2) is 51.3. The number of carbonyl (C=O) groups is 12. The number of Topliss-reactive ketones (excluding diaryl/α,β-unsaturated/α-hetero) is 4. The van der Waals surface area contributed by atoms with E-state index < -0.39 is 165 Å². The van der Waals surface area contributed by atoms with Crippen molar-refractivity contribution in [2.45, 2.75) is 279 Å². The van der Waals surface area contributed by atoms with Crippen LogP contribution in [0.5, 0.6) is 23.0 Å². The second-order valence-corrected chi connectivity index (χ2v) is 42.4. The zero-order valence-corrected chi connectivity index (χ0v) is 86.6. The topological polar surface area (TPSA) is 467 Å². The van der Waals surface area contributed by atoms with Gasteiger partial charge in [-0.2, -0.15) is 0 Å². The Morgan fingerprint density at radius 1 is 0.270 bits per heavy atom. The third-order valence-corrected chi connectivity index (χ3v) is 30.1. The zero-order chi connectivity index (χ0) is 106. The Kier molecular flexibility index (Phi) is 38.9. The summed E-state index contributed by atoms with van der Waals surface area (Å²) in [4.78, 5) is 161. The molecule has 16 atom stereocenters. The largest absolute Gasteiger partial charge is 0.497 e. The van der Waals surface area contributed by atoms with E-state index in [-0.39, 0.29) is 48.8 Å². The lowest BCUT2D eigenvalue weighted by Gasteiger charge is -2.37. The van der Waals surface area contributed by atoms with Gasteiger partial charge in [0.2, 0.25) is 47.3 Å². The van der Waals surface area contributed by atoms with Crippen LogP contribution in [-0.2, 0) is 109 Å². The number of nitrogens with one attached hydrogen (secondary N) is 12. The molecule has 16 unspecified atom stereocenters. The minimum absolute atomic E-state index is 0.0135.